The maximum Gasteiger partial charge on any atom is 0.320 e. The number of benzene rings is 1. The molecular formula is C14H19F2NO3. The largest absolute Gasteiger partial charge is 0.480 e. The summed E-state index contributed by atoms with van der Waals surface area (Å²) in [6, 6.07) is 2.31. The van der Waals surface area contributed by atoms with Gasteiger partial charge >= 0.3 is 5.97 Å². The lowest BCUT2D eigenvalue weighted by atomic mass is 10.0. The molecular weight excluding hydrogens is 268 g/mol. The number of halogens is 2. The minimum Gasteiger partial charge on any atom is -0.480 e. The minimum absolute atomic E-state index is 0.0469. The Morgan fingerprint density at radius 3 is 2.45 bits per heavy atom. The smallest absolute Gasteiger partial charge is 0.320 e. The van der Waals surface area contributed by atoms with Gasteiger partial charge in [-0.05, 0) is 30.0 Å². The number of carboxylic acids is 1. The van der Waals surface area contributed by atoms with Crippen LogP contribution in [0.4, 0.5) is 8.78 Å². The first-order valence-electron chi connectivity index (χ1n) is 6.40. The average Bonchev–Trinajstić information content (AvgIpc) is 2.36. The molecule has 1 rings (SSSR count). The van der Waals surface area contributed by atoms with E-state index in [1.807, 2.05) is 13.8 Å². The van der Waals surface area contributed by atoms with E-state index in [0.29, 0.717) is 6.42 Å². The number of aliphatic hydroxyl groups is 1. The summed E-state index contributed by atoms with van der Waals surface area (Å²) >= 11 is 0. The third kappa shape index (κ3) is 4.86. The average molecular weight is 287 g/mol. The van der Waals surface area contributed by atoms with Crippen molar-refractivity contribution < 1.29 is 23.8 Å². The summed E-state index contributed by atoms with van der Waals surface area (Å²) in [5.41, 5.74) is 0.199. The van der Waals surface area contributed by atoms with Gasteiger partial charge in [0.2, 0.25) is 0 Å². The van der Waals surface area contributed by atoms with Crippen molar-refractivity contribution in [3.8, 4) is 0 Å². The molecule has 0 aliphatic rings. The van der Waals surface area contributed by atoms with Crippen molar-refractivity contribution in [2.75, 3.05) is 6.54 Å². The molecule has 1 aromatic rings. The van der Waals surface area contributed by atoms with Gasteiger partial charge in [-0.3, -0.25) is 4.79 Å². The molecule has 0 radical (unpaired) electrons. The van der Waals surface area contributed by atoms with E-state index in [9.17, 15) is 18.7 Å². The van der Waals surface area contributed by atoms with Crippen molar-refractivity contribution in [3.63, 3.8) is 0 Å². The van der Waals surface area contributed by atoms with E-state index in [4.69, 9.17) is 5.11 Å². The fourth-order valence-electron chi connectivity index (χ4n) is 1.83. The van der Waals surface area contributed by atoms with Crippen LogP contribution in [0.15, 0.2) is 18.2 Å². The number of rotatable bonds is 7. The van der Waals surface area contributed by atoms with Crippen molar-refractivity contribution in [2.24, 2.45) is 5.92 Å². The van der Waals surface area contributed by atoms with Crippen LogP contribution in [-0.4, -0.2) is 28.8 Å². The van der Waals surface area contributed by atoms with E-state index in [2.05, 4.69) is 5.32 Å². The summed E-state index contributed by atoms with van der Waals surface area (Å²) in [4.78, 5) is 11.0. The van der Waals surface area contributed by atoms with Crippen molar-refractivity contribution in [1.29, 1.82) is 0 Å². The molecule has 20 heavy (non-hydrogen) atoms. The molecule has 0 bridgehead atoms. The molecule has 0 aromatic heterocycles. The molecule has 6 heteroatoms. The number of carbonyl (C=O) groups is 1. The fraction of sp³-hybridized carbons (Fsp3) is 0.500. The highest BCUT2D eigenvalue weighted by Gasteiger charge is 2.20. The summed E-state index contributed by atoms with van der Waals surface area (Å²) < 4.78 is 25.8. The molecule has 0 spiro atoms. The predicted molar refractivity (Wildman–Crippen MR) is 70.2 cm³/mol. The normalized spacial score (nSPS) is 14.3. The Labute approximate surface area is 116 Å². The molecule has 0 aliphatic carbocycles. The molecule has 112 valence electrons. The van der Waals surface area contributed by atoms with E-state index in [1.165, 1.54) is 6.07 Å². The van der Waals surface area contributed by atoms with Gasteiger partial charge in [-0.2, -0.15) is 0 Å². The molecule has 3 N–H and O–H groups in total. The molecule has 4 nitrogen and oxygen atoms in total. The van der Waals surface area contributed by atoms with Crippen LogP contribution in [0, 0.1) is 17.6 Å². The number of aliphatic carboxylic acids is 1. The lowest BCUT2D eigenvalue weighted by molar-refractivity contribution is -0.140. The Balaban J connectivity index is 2.62. The van der Waals surface area contributed by atoms with Crippen molar-refractivity contribution in [3.05, 3.63) is 35.4 Å². The van der Waals surface area contributed by atoms with Gasteiger partial charge in [0, 0.05) is 6.54 Å². The highest BCUT2D eigenvalue weighted by atomic mass is 19.2. The van der Waals surface area contributed by atoms with E-state index in [0.717, 1.165) is 12.1 Å². The Morgan fingerprint density at radius 1 is 1.30 bits per heavy atom. The van der Waals surface area contributed by atoms with Crippen LogP contribution in [0.25, 0.3) is 0 Å². The lowest BCUT2D eigenvalue weighted by Crippen LogP contribution is -2.40. The van der Waals surface area contributed by atoms with Crippen LogP contribution in [0.5, 0.6) is 0 Å². The predicted octanol–water partition coefficient (Wildman–Crippen LogP) is 2.09. The fourth-order valence-corrected chi connectivity index (χ4v) is 1.83. The number of hydrogen-bond acceptors (Lipinski definition) is 3. The third-order valence-corrected chi connectivity index (χ3v) is 2.89. The molecule has 2 atom stereocenters. The van der Waals surface area contributed by atoms with Gasteiger partial charge in [0.25, 0.3) is 0 Å². The monoisotopic (exact) mass is 287 g/mol. The van der Waals surface area contributed by atoms with Crippen molar-refractivity contribution in [2.45, 2.75) is 32.4 Å². The first kappa shape index (κ1) is 16.5. The second-order valence-corrected chi connectivity index (χ2v) is 5.12. The Kier molecular flexibility index (Phi) is 6.04. The SMILES string of the molecule is CC(C)CC(NCC(O)c1ccc(F)c(F)c1)C(=O)O. The first-order chi connectivity index (χ1) is 9.31. The second kappa shape index (κ2) is 7.31. The van der Waals surface area contributed by atoms with Crippen LogP contribution in [0.3, 0.4) is 0 Å². The molecule has 1 aromatic carbocycles. The van der Waals surface area contributed by atoms with E-state index in [1.54, 1.807) is 0 Å². The first-order valence-corrected chi connectivity index (χ1v) is 6.40. The Morgan fingerprint density at radius 2 is 1.95 bits per heavy atom. The second-order valence-electron chi connectivity index (χ2n) is 5.12. The quantitative estimate of drug-likeness (QED) is 0.718. The van der Waals surface area contributed by atoms with Gasteiger partial charge in [0.15, 0.2) is 11.6 Å². The third-order valence-electron chi connectivity index (χ3n) is 2.89. The standard InChI is InChI=1S/C14H19F2NO3/c1-8(2)5-12(14(19)20)17-7-13(18)9-3-4-10(15)11(16)6-9/h3-4,6,8,12-13,17-18H,5,7H2,1-2H3,(H,19,20). The van der Waals surface area contributed by atoms with Crippen LogP contribution in [0.2, 0.25) is 0 Å². The zero-order valence-corrected chi connectivity index (χ0v) is 11.4. The van der Waals surface area contributed by atoms with E-state index >= 15 is 0 Å². The number of nitrogens with one attached hydrogen (secondary N) is 1. The van der Waals surface area contributed by atoms with E-state index < -0.39 is 29.7 Å². The summed E-state index contributed by atoms with van der Waals surface area (Å²) in [5, 5.41) is 21.6. The highest BCUT2D eigenvalue weighted by Crippen LogP contribution is 2.16. The van der Waals surface area contributed by atoms with Gasteiger partial charge in [0.05, 0.1) is 6.10 Å². The van der Waals surface area contributed by atoms with Gasteiger partial charge in [-0.25, -0.2) is 8.78 Å². The van der Waals surface area contributed by atoms with Crippen LogP contribution in [-0.2, 0) is 4.79 Å². The number of hydrogen-bond donors (Lipinski definition) is 3. The van der Waals surface area contributed by atoms with Gasteiger partial charge < -0.3 is 15.5 Å². The van der Waals surface area contributed by atoms with Gasteiger partial charge in [0.1, 0.15) is 6.04 Å². The summed E-state index contributed by atoms with van der Waals surface area (Å²) in [6.07, 6.45) is -0.682. The van der Waals surface area contributed by atoms with Crippen LogP contribution in [0.1, 0.15) is 31.9 Å². The zero-order valence-electron chi connectivity index (χ0n) is 11.4. The van der Waals surface area contributed by atoms with Crippen LogP contribution >= 0.6 is 0 Å². The molecule has 0 fully saturated rings. The van der Waals surface area contributed by atoms with Crippen molar-refractivity contribution in [1.82, 2.24) is 5.32 Å². The number of aliphatic hydroxyl groups excluding tert-OH is 1. The molecule has 0 heterocycles. The summed E-state index contributed by atoms with van der Waals surface area (Å²) in [7, 11) is 0. The molecule has 0 saturated carbocycles. The van der Waals surface area contributed by atoms with Gasteiger partial charge in [-0.15, -0.1) is 0 Å². The van der Waals surface area contributed by atoms with Crippen LogP contribution < -0.4 is 5.32 Å². The summed E-state index contributed by atoms with van der Waals surface area (Å²) in [5.74, 6) is -2.85. The maximum absolute atomic E-state index is 13.0. The summed E-state index contributed by atoms with van der Waals surface area (Å²) in [6.45, 7) is 3.74. The molecule has 0 saturated heterocycles. The van der Waals surface area contributed by atoms with Crippen molar-refractivity contribution >= 4 is 5.97 Å². The minimum atomic E-state index is -1.10. The Bertz CT molecular complexity index is 466. The zero-order chi connectivity index (χ0) is 15.3. The maximum atomic E-state index is 13.0. The molecule has 2 unspecified atom stereocenters. The lowest BCUT2D eigenvalue weighted by Gasteiger charge is -2.19. The molecule has 0 aliphatic heterocycles. The van der Waals surface area contributed by atoms with E-state index in [-0.39, 0.29) is 18.0 Å². The topological polar surface area (TPSA) is 69.6 Å². The number of carboxylic acid groups (broad SMARTS) is 1. The highest BCUT2D eigenvalue weighted by molar-refractivity contribution is 5.73. The molecule has 0 amide bonds. The van der Waals surface area contributed by atoms with Gasteiger partial charge in [-0.1, -0.05) is 19.9 Å². The Hall–Kier alpha value is -1.53.